The van der Waals surface area contributed by atoms with E-state index in [1.807, 2.05) is 0 Å². The van der Waals surface area contributed by atoms with E-state index in [4.69, 9.17) is 16.9 Å². The van der Waals surface area contributed by atoms with Crippen LogP contribution in [-0.4, -0.2) is 10.8 Å². The van der Waals surface area contributed by atoms with E-state index >= 15 is 0 Å². The highest BCUT2D eigenvalue weighted by Gasteiger charge is 2.08. The smallest absolute Gasteiger partial charge is 0.178 e. The van der Waals surface area contributed by atoms with Gasteiger partial charge in [0.15, 0.2) is 5.78 Å². The summed E-state index contributed by atoms with van der Waals surface area (Å²) in [7, 11) is 0. The molecule has 0 spiro atoms. The van der Waals surface area contributed by atoms with E-state index in [1.165, 1.54) is 18.5 Å². The normalized spacial score (nSPS) is 9.00. The molecule has 0 fully saturated rings. The van der Waals surface area contributed by atoms with Gasteiger partial charge >= 0.3 is 0 Å². The van der Waals surface area contributed by atoms with Crippen LogP contribution in [0.25, 0.3) is 0 Å². The molecule has 4 heteroatoms. The third kappa shape index (κ3) is 1.80. The minimum atomic E-state index is -0.273. The van der Waals surface area contributed by atoms with Crippen molar-refractivity contribution in [3.05, 3.63) is 29.0 Å². The zero-order valence-electron chi connectivity index (χ0n) is 6.12. The second kappa shape index (κ2) is 3.84. The first-order valence-corrected chi connectivity index (χ1v) is 3.63. The Labute approximate surface area is 74.6 Å². The Morgan fingerprint density at radius 3 is 3.08 bits per heavy atom. The lowest BCUT2D eigenvalue weighted by molar-refractivity contribution is 0.0998. The SMILES string of the molecule is N#CCC(=O)c1ccncc1Cl. The van der Waals surface area contributed by atoms with Gasteiger partial charge in [0.1, 0.15) is 0 Å². The standard InChI is InChI=1S/C8H5ClN2O/c9-7-5-11-4-2-6(7)8(12)1-3-10/h2,4-5H,1H2. The van der Waals surface area contributed by atoms with Gasteiger partial charge in [0.05, 0.1) is 17.5 Å². The first kappa shape index (κ1) is 8.69. The number of Topliss-reactive ketones (excluding diaryl/α,β-unsaturated/α-hetero) is 1. The molecule has 1 aromatic heterocycles. The van der Waals surface area contributed by atoms with Crippen LogP contribution in [0.5, 0.6) is 0 Å². The fourth-order valence-electron chi connectivity index (χ4n) is 0.768. The molecule has 0 saturated heterocycles. The molecular weight excluding hydrogens is 176 g/mol. The molecule has 0 atom stereocenters. The minimum absolute atomic E-state index is 0.149. The molecule has 12 heavy (non-hydrogen) atoms. The van der Waals surface area contributed by atoms with Gasteiger partial charge in [-0.2, -0.15) is 5.26 Å². The van der Waals surface area contributed by atoms with Crippen molar-refractivity contribution in [2.75, 3.05) is 0 Å². The highest BCUT2D eigenvalue weighted by atomic mass is 35.5. The predicted molar refractivity (Wildman–Crippen MR) is 43.8 cm³/mol. The van der Waals surface area contributed by atoms with Crippen molar-refractivity contribution in [3.63, 3.8) is 0 Å². The lowest BCUT2D eigenvalue weighted by Gasteiger charge is -1.97. The second-order valence-corrected chi connectivity index (χ2v) is 2.52. The van der Waals surface area contributed by atoms with Crippen LogP contribution in [0.15, 0.2) is 18.5 Å². The molecule has 0 aliphatic rings. The summed E-state index contributed by atoms with van der Waals surface area (Å²) < 4.78 is 0. The van der Waals surface area contributed by atoms with E-state index in [2.05, 4.69) is 4.98 Å². The van der Waals surface area contributed by atoms with Crippen molar-refractivity contribution >= 4 is 17.4 Å². The molecule has 0 radical (unpaired) electrons. The molecule has 1 heterocycles. The molecule has 0 saturated carbocycles. The van der Waals surface area contributed by atoms with Crippen LogP contribution in [0.3, 0.4) is 0 Å². The zero-order valence-corrected chi connectivity index (χ0v) is 6.88. The number of hydrogen-bond donors (Lipinski definition) is 0. The summed E-state index contributed by atoms with van der Waals surface area (Å²) in [6, 6.07) is 3.27. The summed E-state index contributed by atoms with van der Waals surface area (Å²) in [5.74, 6) is -0.273. The van der Waals surface area contributed by atoms with Crippen LogP contribution in [0, 0.1) is 11.3 Å². The van der Waals surface area contributed by atoms with Gasteiger partial charge in [-0.1, -0.05) is 11.6 Å². The molecule has 60 valence electrons. The Balaban J connectivity index is 2.97. The van der Waals surface area contributed by atoms with E-state index in [0.717, 1.165) is 0 Å². The predicted octanol–water partition coefficient (Wildman–Crippen LogP) is 1.83. The Kier molecular flexibility index (Phi) is 2.78. The zero-order chi connectivity index (χ0) is 8.97. The van der Waals surface area contributed by atoms with Crippen LogP contribution in [0.1, 0.15) is 16.8 Å². The van der Waals surface area contributed by atoms with Crippen LogP contribution < -0.4 is 0 Å². The maximum atomic E-state index is 11.1. The van der Waals surface area contributed by atoms with Gasteiger partial charge in [0, 0.05) is 18.0 Å². The van der Waals surface area contributed by atoms with Crippen LogP contribution >= 0.6 is 11.6 Å². The summed E-state index contributed by atoms with van der Waals surface area (Å²) in [5.41, 5.74) is 0.355. The van der Waals surface area contributed by atoms with Crippen molar-refractivity contribution in [2.45, 2.75) is 6.42 Å². The maximum absolute atomic E-state index is 11.1. The molecule has 0 unspecified atom stereocenters. The van der Waals surface area contributed by atoms with Gasteiger partial charge in [0.2, 0.25) is 0 Å². The molecule has 0 aliphatic heterocycles. The first-order chi connectivity index (χ1) is 5.75. The Morgan fingerprint density at radius 2 is 2.50 bits per heavy atom. The van der Waals surface area contributed by atoms with Crippen molar-refractivity contribution in [1.29, 1.82) is 5.26 Å². The number of aromatic nitrogens is 1. The van der Waals surface area contributed by atoms with E-state index in [0.29, 0.717) is 5.56 Å². The highest BCUT2D eigenvalue weighted by molar-refractivity contribution is 6.33. The number of hydrogen-bond acceptors (Lipinski definition) is 3. The summed E-state index contributed by atoms with van der Waals surface area (Å²) in [4.78, 5) is 14.9. The number of pyridine rings is 1. The Morgan fingerprint density at radius 1 is 1.75 bits per heavy atom. The number of nitriles is 1. The number of nitrogens with zero attached hydrogens (tertiary/aromatic N) is 2. The molecule has 1 rings (SSSR count). The first-order valence-electron chi connectivity index (χ1n) is 3.25. The fourth-order valence-corrected chi connectivity index (χ4v) is 0.993. The monoisotopic (exact) mass is 180 g/mol. The Bertz CT molecular complexity index is 343. The van der Waals surface area contributed by atoms with Crippen LogP contribution in [0.4, 0.5) is 0 Å². The molecule has 0 aliphatic carbocycles. The average molecular weight is 181 g/mol. The lowest BCUT2D eigenvalue weighted by Crippen LogP contribution is -1.98. The summed E-state index contributed by atoms with van der Waals surface area (Å²) in [5, 5.41) is 8.55. The number of carbonyl (C=O) groups excluding carboxylic acids is 1. The summed E-state index contributed by atoms with van der Waals surface area (Å²) >= 11 is 5.66. The van der Waals surface area contributed by atoms with Crippen molar-refractivity contribution in [1.82, 2.24) is 4.98 Å². The number of carbonyl (C=O) groups is 1. The lowest BCUT2D eigenvalue weighted by atomic mass is 10.1. The van der Waals surface area contributed by atoms with Gasteiger partial charge in [-0.15, -0.1) is 0 Å². The highest BCUT2D eigenvalue weighted by Crippen LogP contribution is 2.14. The van der Waals surface area contributed by atoms with Crippen LogP contribution in [-0.2, 0) is 0 Å². The van der Waals surface area contributed by atoms with Gasteiger partial charge < -0.3 is 0 Å². The third-order valence-corrected chi connectivity index (χ3v) is 1.61. The van der Waals surface area contributed by atoms with Gasteiger partial charge in [-0.05, 0) is 6.07 Å². The summed E-state index contributed by atoms with van der Waals surface area (Å²) in [6.45, 7) is 0. The van der Waals surface area contributed by atoms with E-state index < -0.39 is 0 Å². The Hall–Kier alpha value is -1.40. The fraction of sp³-hybridized carbons (Fsp3) is 0.125. The molecule has 0 N–H and O–H groups in total. The van der Waals surface area contributed by atoms with Gasteiger partial charge in [-0.25, -0.2) is 0 Å². The largest absolute Gasteiger partial charge is 0.293 e. The topological polar surface area (TPSA) is 53.8 Å². The number of ketones is 1. The van der Waals surface area contributed by atoms with Gasteiger partial charge in [0.25, 0.3) is 0 Å². The molecular formula is C8H5ClN2O. The minimum Gasteiger partial charge on any atom is -0.293 e. The van der Waals surface area contributed by atoms with E-state index in [9.17, 15) is 4.79 Å². The molecule has 1 aromatic rings. The molecule has 0 aromatic carbocycles. The maximum Gasteiger partial charge on any atom is 0.178 e. The third-order valence-electron chi connectivity index (χ3n) is 1.31. The second-order valence-electron chi connectivity index (χ2n) is 2.11. The van der Waals surface area contributed by atoms with Crippen molar-refractivity contribution < 1.29 is 4.79 Å². The van der Waals surface area contributed by atoms with Crippen molar-refractivity contribution in [2.24, 2.45) is 0 Å². The number of rotatable bonds is 2. The van der Waals surface area contributed by atoms with E-state index in [-0.39, 0.29) is 17.2 Å². The molecule has 3 nitrogen and oxygen atoms in total. The molecule has 0 bridgehead atoms. The van der Waals surface area contributed by atoms with Crippen molar-refractivity contribution in [3.8, 4) is 6.07 Å². The quantitative estimate of drug-likeness (QED) is 0.653. The average Bonchev–Trinajstić information content (AvgIpc) is 2.05. The number of halogens is 1. The summed E-state index contributed by atoms with van der Waals surface area (Å²) in [6.07, 6.45) is 2.70. The van der Waals surface area contributed by atoms with Gasteiger partial charge in [-0.3, -0.25) is 9.78 Å². The molecule has 0 amide bonds. The van der Waals surface area contributed by atoms with E-state index in [1.54, 1.807) is 6.07 Å². The van der Waals surface area contributed by atoms with Crippen LogP contribution in [0.2, 0.25) is 5.02 Å².